The Hall–Kier alpha value is -1.44. The second kappa shape index (κ2) is 3.30. The molecule has 0 unspecified atom stereocenters. The Balaban J connectivity index is 3.10. The lowest BCUT2D eigenvalue weighted by molar-refractivity contribution is 0.468. The highest BCUT2D eigenvalue weighted by molar-refractivity contribution is 5.50. The van der Waals surface area contributed by atoms with Crippen LogP contribution >= 0.6 is 0 Å². The number of rotatable bonds is 1. The van der Waals surface area contributed by atoms with Crippen LogP contribution in [0.2, 0.25) is 0 Å². The first-order chi connectivity index (χ1) is 5.66. The molecule has 1 heterocycles. The molecule has 2 N–H and O–H groups in total. The van der Waals surface area contributed by atoms with Gasteiger partial charge < -0.3 is 10.4 Å². The molecule has 1 rings (SSSR count). The van der Waals surface area contributed by atoms with Crippen molar-refractivity contribution in [1.29, 1.82) is 0 Å². The molecule has 0 aromatic heterocycles. The molecule has 0 saturated carbocycles. The molecule has 1 aliphatic rings. The van der Waals surface area contributed by atoms with Crippen LogP contribution in [0.25, 0.3) is 0 Å². The maximum absolute atomic E-state index is 8.81. The van der Waals surface area contributed by atoms with Crippen molar-refractivity contribution in [2.75, 3.05) is 0 Å². The second-order valence-electron chi connectivity index (χ2n) is 2.81. The van der Waals surface area contributed by atoms with Crippen molar-refractivity contribution >= 4 is 0 Å². The van der Waals surface area contributed by atoms with Crippen LogP contribution in [0.4, 0.5) is 0 Å². The van der Waals surface area contributed by atoms with E-state index in [1.807, 2.05) is 26.1 Å². The molecule has 0 radical (unpaired) electrons. The molecule has 0 saturated heterocycles. The van der Waals surface area contributed by atoms with Crippen molar-refractivity contribution in [3.8, 4) is 0 Å². The topological polar surface area (TPSA) is 32.3 Å². The summed E-state index contributed by atoms with van der Waals surface area (Å²) in [5, 5.41) is 11.8. The van der Waals surface area contributed by atoms with E-state index < -0.39 is 0 Å². The van der Waals surface area contributed by atoms with Gasteiger partial charge in [-0.05, 0) is 36.6 Å². The molecule has 0 fully saturated rings. The van der Waals surface area contributed by atoms with Gasteiger partial charge in [-0.15, -0.1) is 0 Å². The minimum atomic E-state index is 0.853. The van der Waals surface area contributed by atoms with Crippen LogP contribution in [0.5, 0.6) is 0 Å². The van der Waals surface area contributed by atoms with E-state index in [2.05, 4.69) is 11.9 Å². The quantitative estimate of drug-likeness (QED) is 0.582. The molecule has 2 heteroatoms. The van der Waals surface area contributed by atoms with E-state index in [1.54, 1.807) is 0 Å². The molecule has 0 bridgehead atoms. The number of aliphatic hydroxyl groups is 1. The zero-order valence-electron chi connectivity index (χ0n) is 7.39. The molecule has 64 valence electrons. The van der Waals surface area contributed by atoms with Crippen LogP contribution < -0.4 is 5.32 Å². The van der Waals surface area contributed by atoms with Crippen LogP contribution in [0.1, 0.15) is 13.8 Å². The SMILES string of the molecule is C=C1NC=CC(/C(C)=C\O)=C1C. The van der Waals surface area contributed by atoms with E-state index in [0.29, 0.717) is 0 Å². The third-order valence-electron chi connectivity index (χ3n) is 1.98. The maximum atomic E-state index is 8.81. The molecule has 0 aromatic carbocycles. The molecule has 1 aliphatic heterocycles. The molecule has 0 spiro atoms. The third kappa shape index (κ3) is 1.42. The van der Waals surface area contributed by atoms with Gasteiger partial charge in [0.25, 0.3) is 0 Å². The lowest BCUT2D eigenvalue weighted by Crippen LogP contribution is -2.10. The van der Waals surface area contributed by atoms with E-state index in [1.165, 1.54) is 0 Å². The first-order valence-electron chi connectivity index (χ1n) is 3.81. The molecule has 0 aromatic rings. The molecule has 12 heavy (non-hydrogen) atoms. The van der Waals surface area contributed by atoms with Gasteiger partial charge in [0, 0.05) is 11.9 Å². The number of hydrogen-bond donors (Lipinski definition) is 2. The summed E-state index contributed by atoms with van der Waals surface area (Å²) in [4.78, 5) is 0. The van der Waals surface area contributed by atoms with Crippen molar-refractivity contribution in [3.63, 3.8) is 0 Å². The average molecular weight is 163 g/mol. The van der Waals surface area contributed by atoms with Crippen LogP contribution in [0.3, 0.4) is 0 Å². The van der Waals surface area contributed by atoms with E-state index in [4.69, 9.17) is 5.11 Å². The molecular formula is C10H13NO. The van der Waals surface area contributed by atoms with Gasteiger partial charge in [-0.2, -0.15) is 0 Å². The summed E-state index contributed by atoms with van der Waals surface area (Å²) < 4.78 is 0. The first kappa shape index (κ1) is 8.65. The number of aliphatic hydroxyl groups excluding tert-OH is 1. The average Bonchev–Trinajstić information content (AvgIpc) is 2.08. The summed E-state index contributed by atoms with van der Waals surface area (Å²) in [5.74, 6) is 0. The maximum Gasteiger partial charge on any atom is 0.0826 e. The summed E-state index contributed by atoms with van der Waals surface area (Å²) in [6, 6.07) is 0. The van der Waals surface area contributed by atoms with Gasteiger partial charge >= 0.3 is 0 Å². The number of hydrogen-bond acceptors (Lipinski definition) is 2. The zero-order valence-corrected chi connectivity index (χ0v) is 7.39. The molecule has 0 aliphatic carbocycles. The number of nitrogens with one attached hydrogen (secondary N) is 1. The normalized spacial score (nSPS) is 18.2. The molecular weight excluding hydrogens is 150 g/mol. The fourth-order valence-corrected chi connectivity index (χ4v) is 1.12. The summed E-state index contributed by atoms with van der Waals surface area (Å²) in [6.07, 6.45) is 4.85. The van der Waals surface area contributed by atoms with Crippen molar-refractivity contribution in [2.24, 2.45) is 0 Å². The van der Waals surface area contributed by atoms with Crippen molar-refractivity contribution in [2.45, 2.75) is 13.8 Å². The van der Waals surface area contributed by atoms with Gasteiger partial charge in [-0.25, -0.2) is 0 Å². The van der Waals surface area contributed by atoms with E-state index >= 15 is 0 Å². The lowest BCUT2D eigenvalue weighted by atomic mass is 9.99. The summed E-state index contributed by atoms with van der Waals surface area (Å²) in [5.41, 5.74) is 3.83. The Bertz CT molecular complexity index is 295. The Kier molecular flexibility index (Phi) is 2.38. The predicted molar refractivity (Wildman–Crippen MR) is 50.5 cm³/mol. The smallest absolute Gasteiger partial charge is 0.0826 e. The second-order valence-corrected chi connectivity index (χ2v) is 2.81. The number of dihydropyridines is 1. The minimum Gasteiger partial charge on any atom is -0.515 e. The summed E-state index contributed by atoms with van der Waals surface area (Å²) >= 11 is 0. The zero-order chi connectivity index (χ0) is 9.14. The van der Waals surface area contributed by atoms with Crippen molar-refractivity contribution < 1.29 is 5.11 Å². The summed E-state index contributed by atoms with van der Waals surface area (Å²) in [6.45, 7) is 7.67. The van der Waals surface area contributed by atoms with Crippen LogP contribution in [0.15, 0.2) is 47.5 Å². The van der Waals surface area contributed by atoms with Crippen LogP contribution in [-0.4, -0.2) is 5.11 Å². The van der Waals surface area contributed by atoms with Gasteiger partial charge in [0.15, 0.2) is 0 Å². The minimum absolute atomic E-state index is 0.853. The Labute approximate surface area is 72.6 Å². The fraction of sp³-hybridized carbons (Fsp3) is 0.200. The van der Waals surface area contributed by atoms with Gasteiger partial charge in [0.05, 0.1) is 6.26 Å². The van der Waals surface area contributed by atoms with Crippen LogP contribution in [-0.2, 0) is 0 Å². The van der Waals surface area contributed by atoms with Gasteiger partial charge in [0.1, 0.15) is 0 Å². The monoisotopic (exact) mass is 163 g/mol. The highest BCUT2D eigenvalue weighted by Crippen LogP contribution is 2.21. The molecule has 0 amide bonds. The molecule has 0 atom stereocenters. The van der Waals surface area contributed by atoms with Gasteiger partial charge in [-0.3, -0.25) is 0 Å². The van der Waals surface area contributed by atoms with Crippen molar-refractivity contribution in [3.05, 3.63) is 47.5 Å². The van der Waals surface area contributed by atoms with Gasteiger partial charge in [-0.1, -0.05) is 6.58 Å². The predicted octanol–water partition coefficient (Wildman–Crippen LogP) is 2.40. The first-order valence-corrected chi connectivity index (χ1v) is 3.81. The summed E-state index contributed by atoms with van der Waals surface area (Å²) in [7, 11) is 0. The highest BCUT2D eigenvalue weighted by Gasteiger charge is 2.07. The van der Waals surface area contributed by atoms with Crippen LogP contribution in [0, 0.1) is 0 Å². The van der Waals surface area contributed by atoms with E-state index in [9.17, 15) is 0 Å². The van der Waals surface area contributed by atoms with Crippen molar-refractivity contribution in [1.82, 2.24) is 5.32 Å². The van der Waals surface area contributed by atoms with E-state index in [0.717, 1.165) is 28.7 Å². The largest absolute Gasteiger partial charge is 0.515 e. The standard InChI is InChI=1S/C10H13NO/c1-7(6-12)10-4-5-11-9(3)8(10)2/h4-6,11-12H,3H2,1-2H3/b7-6-. The Morgan fingerprint density at radius 2 is 2.33 bits per heavy atom. The Morgan fingerprint density at radius 3 is 2.92 bits per heavy atom. The van der Waals surface area contributed by atoms with Gasteiger partial charge in [0.2, 0.25) is 0 Å². The Morgan fingerprint density at radius 1 is 1.67 bits per heavy atom. The lowest BCUT2D eigenvalue weighted by Gasteiger charge is -2.16. The van der Waals surface area contributed by atoms with E-state index in [-0.39, 0.29) is 0 Å². The number of allylic oxidation sites excluding steroid dienone is 4. The highest BCUT2D eigenvalue weighted by atomic mass is 16.2. The fourth-order valence-electron chi connectivity index (χ4n) is 1.12. The third-order valence-corrected chi connectivity index (χ3v) is 1.98. The molecule has 2 nitrogen and oxygen atoms in total.